The summed E-state index contributed by atoms with van der Waals surface area (Å²) in [6.07, 6.45) is 0. The first kappa shape index (κ1) is 12.4. The van der Waals surface area contributed by atoms with Gasteiger partial charge in [-0.2, -0.15) is 11.8 Å². The molecule has 3 nitrogen and oxygen atoms in total. The molecule has 2 aromatic rings. The van der Waals surface area contributed by atoms with Crippen molar-refractivity contribution in [1.82, 2.24) is 9.97 Å². The number of halogens is 1. The van der Waals surface area contributed by atoms with Gasteiger partial charge in [0.15, 0.2) is 5.82 Å². The van der Waals surface area contributed by atoms with Gasteiger partial charge in [0.25, 0.3) is 0 Å². The molecule has 18 heavy (non-hydrogen) atoms. The highest BCUT2D eigenvalue weighted by Gasteiger charge is 2.20. The Hall–Kier alpha value is -0.590. The Morgan fingerprint density at radius 3 is 2.94 bits per heavy atom. The van der Waals surface area contributed by atoms with Gasteiger partial charge in [0.05, 0.1) is 14.4 Å². The zero-order valence-corrected chi connectivity index (χ0v) is 13.1. The normalized spacial score (nSPS) is 13.7. The van der Waals surface area contributed by atoms with E-state index in [0.29, 0.717) is 0 Å². The Kier molecular flexibility index (Phi) is 3.59. The number of aromatic nitrogens is 2. The Bertz CT molecular complexity index is 583. The fraction of sp³-hybridized carbons (Fsp3) is 0.333. The van der Waals surface area contributed by atoms with E-state index in [-0.39, 0.29) is 0 Å². The number of fused-ring (bicyclic) bond motifs is 1. The molecule has 1 N–H and O–H groups in total. The average Bonchev–Trinajstić information content (AvgIpc) is 2.97. The van der Waals surface area contributed by atoms with Gasteiger partial charge in [-0.15, -0.1) is 11.3 Å². The minimum absolute atomic E-state index is 0.836. The third kappa shape index (κ3) is 2.29. The molecule has 1 aliphatic rings. The molecule has 0 bridgehead atoms. The molecule has 0 saturated heterocycles. The first-order chi connectivity index (χ1) is 8.78. The highest BCUT2D eigenvalue weighted by Crippen LogP contribution is 2.36. The van der Waals surface area contributed by atoms with Crippen LogP contribution in [0.2, 0.25) is 0 Å². The lowest BCUT2D eigenvalue weighted by Crippen LogP contribution is -2.06. The largest absolute Gasteiger partial charge is 0.370 e. The maximum absolute atomic E-state index is 4.70. The van der Waals surface area contributed by atoms with E-state index in [9.17, 15) is 0 Å². The Morgan fingerprint density at radius 2 is 2.22 bits per heavy atom. The third-order valence-corrected chi connectivity index (χ3v) is 5.31. The van der Waals surface area contributed by atoms with E-state index in [4.69, 9.17) is 4.98 Å². The Morgan fingerprint density at radius 1 is 1.33 bits per heavy atom. The summed E-state index contributed by atoms with van der Waals surface area (Å²) in [4.78, 5) is 10.5. The number of rotatable bonds is 3. The highest BCUT2D eigenvalue weighted by molar-refractivity contribution is 9.11. The maximum Gasteiger partial charge on any atom is 0.171 e. The van der Waals surface area contributed by atoms with Gasteiger partial charge in [-0.1, -0.05) is 0 Å². The van der Waals surface area contributed by atoms with Crippen molar-refractivity contribution in [2.24, 2.45) is 0 Å². The quantitative estimate of drug-likeness (QED) is 0.910. The van der Waals surface area contributed by atoms with Crippen molar-refractivity contribution in [3.63, 3.8) is 0 Å². The predicted molar refractivity (Wildman–Crippen MR) is 82.2 cm³/mol. The van der Waals surface area contributed by atoms with E-state index in [1.807, 2.05) is 17.8 Å². The molecule has 3 rings (SSSR count). The van der Waals surface area contributed by atoms with Crippen LogP contribution < -0.4 is 5.32 Å². The van der Waals surface area contributed by atoms with Gasteiger partial charge in [-0.25, -0.2) is 9.97 Å². The molecule has 0 aliphatic carbocycles. The van der Waals surface area contributed by atoms with Crippen LogP contribution in [-0.2, 0) is 11.5 Å². The van der Waals surface area contributed by atoms with E-state index < -0.39 is 0 Å². The topological polar surface area (TPSA) is 37.8 Å². The lowest BCUT2D eigenvalue weighted by molar-refractivity contribution is 1.05. The summed E-state index contributed by atoms with van der Waals surface area (Å²) in [6.45, 7) is 2.99. The molecule has 1 aliphatic heterocycles. The van der Waals surface area contributed by atoms with Crippen LogP contribution in [0.4, 0.5) is 5.82 Å². The molecule has 0 saturated carbocycles. The molecule has 2 aromatic heterocycles. The minimum Gasteiger partial charge on any atom is -0.370 e. The van der Waals surface area contributed by atoms with Crippen LogP contribution >= 0.6 is 39.0 Å². The van der Waals surface area contributed by atoms with Gasteiger partial charge in [0, 0.05) is 23.6 Å². The van der Waals surface area contributed by atoms with Gasteiger partial charge in [0.1, 0.15) is 5.82 Å². The van der Waals surface area contributed by atoms with E-state index in [2.05, 4.69) is 39.2 Å². The number of nitrogens with zero attached hydrogens (tertiary/aromatic N) is 2. The lowest BCUT2D eigenvalue weighted by Gasteiger charge is -2.09. The molecule has 0 unspecified atom stereocenters. The zero-order valence-electron chi connectivity index (χ0n) is 9.86. The second-order valence-corrected chi connectivity index (χ2v) is 7.40. The molecule has 0 amide bonds. The minimum atomic E-state index is 0.836. The van der Waals surface area contributed by atoms with E-state index in [1.165, 1.54) is 11.3 Å². The predicted octanol–water partition coefficient (Wildman–Crippen LogP) is 4.15. The van der Waals surface area contributed by atoms with Crippen molar-refractivity contribution < 1.29 is 0 Å². The van der Waals surface area contributed by atoms with Gasteiger partial charge in [-0.3, -0.25) is 0 Å². The summed E-state index contributed by atoms with van der Waals surface area (Å²) in [5, 5.41) is 3.35. The molecule has 94 valence electrons. The SMILES string of the molecule is CCNc1nc(-c2ccc(Br)s2)nc2c1CSC2. The van der Waals surface area contributed by atoms with Crippen molar-refractivity contribution >= 4 is 44.8 Å². The van der Waals surface area contributed by atoms with Crippen LogP contribution in [0.1, 0.15) is 18.2 Å². The molecule has 0 spiro atoms. The number of hydrogen-bond acceptors (Lipinski definition) is 5. The summed E-state index contributed by atoms with van der Waals surface area (Å²) in [6, 6.07) is 4.10. The van der Waals surface area contributed by atoms with Gasteiger partial charge in [-0.05, 0) is 35.0 Å². The summed E-state index contributed by atoms with van der Waals surface area (Å²) in [5.74, 6) is 3.86. The van der Waals surface area contributed by atoms with E-state index in [0.717, 1.165) is 38.4 Å². The summed E-state index contributed by atoms with van der Waals surface area (Å²) >= 11 is 7.06. The van der Waals surface area contributed by atoms with Gasteiger partial charge in [0.2, 0.25) is 0 Å². The van der Waals surface area contributed by atoms with Crippen molar-refractivity contribution in [3.05, 3.63) is 27.2 Å². The van der Waals surface area contributed by atoms with Gasteiger partial charge < -0.3 is 5.32 Å². The second-order valence-electron chi connectivity index (χ2n) is 3.95. The Balaban J connectivity index is 2.08. The third-order valence-electron chi connectivity index (χ3n) is 2.72. The number of nitrogens with one attached hydrogen (secondary N) is 1. The smallest absolute Gasteiger partial charge is 0.171 e. The standard InChI is InChI=1S/C12H12BrN3S2/c1-2-14-11-7-5-17-6-8(7)15-12(16-11)9-3-4-10(13)18-9/h3-4H,2,5-6H2,1H3,(H,14,15,16). The molecular formula is C12H12BrN3S2. The van der Waals surface area contributed by atoms with E-state index in [1.54, 1.807) is 11.3 Å². The average molecular weight is 342 g/mol. The Labute approximate surface area is 123 Å². The van der Waals surface area contributed by atoms with Gasteiger partial charge >= 0.3 is 0 Å². The summed E-state index contributed by atoms with van der Waals surface area (Å²) in [7, 11) is 0. The van der Waals surface area contributed by atoms with Crippen molar-refractivity contribution in [1.29, 1.82) is 0 Å². The highest BCUT2D eigenvalue weighted by atomic mass is 79.9. The number of thiophene rings is 1. The number of anilines is 1. The maximum atomic E-state index is 4.70. The number of thioether (sulfide) groups is 1. The zero-order chi connectivity index (χ0) is 12.5. The van der Waals surface area contributed by atoms with Crippen LogP contribution in [0.15, 0.2) is 15.9 Å². The summed E-state index contributed by atoms with van der Waals surface area (Å²) < 4.78 is 1.11. The molecule has 0 aromatic carbocycles. The van der Waals surface area contributed by atoms with Crippen LogP contribution in [-0.4, -0.2) is 16.5 Å². The van der Waals surface area contributed by atoms with Crippen molar-refractivity contribution in [2.75, 3.05) is 11.9 Å². The second kappa shape index (κ2) is 5.19. The first-order valence-electron chi connectivity index (χ1n) is 5.75. The molecular weight excluding hydrogens is 330 g/mol. The van der Waals surface area contributed by atoms with Crippen LogP contribution in [0.25, 0.3) is 10.7 Å². The molecule has 6 heteroatoms. The monoisotopic (exact) mass is 341 g/mol. The fourth-order valence-corrected chi connectivity index (χ4v) is 4.27. The van der Waals surface area contributed by atoms with Crippen LogP contribution in [0.5, 0.6) is 0 Å². The fourth-order valence-electron chi connectivity index (χ4n) is 1.91. The molecule has 0 fully saturated rings. The molecule has 3 heterocycles. The molecule has 0 atom stereocenters. The van der Waals surface area contributed by atoms with Crippen molar-refractivity contribution in [3.8, 4) is 10.7 Å². The van der Waals surface area contributed by atoms with Crippen LogP contribution in [0.3, 0.4) is 0 Å². The summed E-state index contributed by atoms with van der Waals surface area (Å²) in [5.41, 5.74) is 2.46. The molecule has 0 radical (unpaired) electrons. The number of hydrogen-bond donors (Lipinski definition) is 1. The van der Waals surface area contributed by atoms with Crippen molar-refractivity contribution in [2.45, 2.75) is 18.4 Å². The lowest BCUT2D eigenvalue weighted by atomic mass is 10.2. The van der Waals surface area contributed by atoms with E-state index >= 15 is 0 Å². The first-order valence-corrected chi connectivity index (χ1v) is 8.51. The van der Waals surface area contributed by atoms with Crippen LogP contribution in [0, 0.1) is 0 Å².